The quantitative estimate of drug-likeness (QED) is 0.0536. The number of rotatable bonds is 38. The molecular formula is C38H78O5Si. The number of aliphatic carboxylic acids is 1. The van der Waals surface area contributed by atoms with Crippen molar-refractivity contribution in [3.8, 4) is 0 Å². The molecule has 0 aliphatic carbocycles. The molecule has 0 amide bonds. The van der Waals surface area contributed by atoms with Gasteiger partial charge < -0.3 is 18.4 Å². The molecule has 0 unspecified atom stereocenters. The van der Waals surface area contributed by atoms with E-state index < -0.39 is 14.8 Å². The van der Waals surface area contributed by atoms with Crippen LogP contribution in [0.5, 0.6) is 0 Å². The lowest BCUT2D eigenvalue weighted by molar-refractivity contribution is -0.137. The van der Waals surface area contributed by atoms with E-state index in [-0.39, 0.29) is 0 Å². The summed E-state index contributed by atoms with van der Waals surface area (Å²) in [6.45, 7) is 0. The SMILES string of the molecule is CO[Si](CCCCCCCCCCCCCCCCCCCCCCCCCCCCCCCCCCC(=O)O)(OC)OC. The summed E-state index contributed by atoms with van der Waals surface area (Å²) in [6.07, 6.45) is 44.2. The molecule has 6 heteroatoms. The van der Waals surface area contributed by atoms with Gasteiger partial charge in [0.15, 0.2) is 0 Å². The minimum absolute atomic E-state index is 0.342. The van der Waals surface area contributed by atoms with Gasteiger partial charge in [-0.05, 0) is 12.8 Å². The van der Waals surface area contributed by atoms with E-state index in [0.29, 0.717) is 6.42 Å². The van der Waals surface area contributed by atoms with E-state index in [0.717, 1.165) is 25.3 Å². The van der Waals surface area contributed by atoms with Gasteiger partial charge in [-0.2, -0.15) is 0 Å². The molecule has 0 bridgehead atoms. The predicted octanol–water partition coefficient (Wildman–Crippen LogP) is 12.8. The molecule has 0 rings (SSSR count). The number of hydrogen-bond acceptors (Lipinski definition) is 4. The van der Waals surface area contributed by atoms with E-state index in [1.165, 1.54) is 186 Å². The van der Waals surface area contributed by atoms with Gasteiger partial charge in [0.1, 0.15) is 0 Å². The summed E-state index contributed by atoms with van der Waals surface area (Å²) in [7, 11) is 2.77. The molecule has 0 heterocycles. The molecular weight excluding hydrogens is 564 g/mol. The van der Waals surface area contributed by atoms with Crippen molar-refractivity contribution in [1.29, 1.82) is 0 Å². The van der Waals surface area contributed by atoms with Crippen LogP contribution in [-0.4, -0.2) is 41.2 Å². The van der Waals surface area contributed by atoms with Crippen LogP contribution in [0.15, 0.2) is 0 Å². The van der Waals surface area contributed by atoms with Gasteiger partial charge in [-0.25, -0.2) is 0 Å². The zero-order valence-corrected chi connectivity index (χ0v) is 31.1. The summed E-state index contributed by atoms with van der Waals surface area (Å²) in [5, 5.41) is 8.64. The van der Waals surface area contributed by atoms with Crippen molar-refractivity contribution < 1.29 is 23.2 Å². The first-order valence-electron chi connectivity index (χ1n) is 19.5. The number of carboxylic acid groups (broad SMARTS) is 1. The highest BCUT2D eigenvalue weighted by molar-refractivity contribution is 6.60. The summed E-state index contributed by atoms with van der Waals surface area (Å²) in [6, 6.07) is 0.933. The van der Waals surface area contributed by atoms with Gasteiger partial charge in [0.2, 0.25) is 0 Å². The Balaban J connectivity index is 3.13. The fraction of sp³-hybridized carbons (Fsp3) is 0.974. The maximum atomic E-state index is 10.5. The minimum atomic E-state index is -2.35. The Morgan fingerprint density at radius 1 is 0.364 bits per heavy atom. The maximum Gasteiger partial charge on any atom is 0.500 e. The molecule has 0 aromatic rings. The van der Waals surface area contributed by atoms with Crippen LogP contribution in [0, 0.1) is 0 Å². The fourth-order valence-corrected chi connectivity index (χ4v) is 8.27. The van der Waals surface area contributed by atoms with Crippen molar-refractivity contribution in [2.24, 2.45) is 0 Å². The van der Waals surface area contributed by atoms with E-state index in [1.54, 1.807) is 21.3 Å². The van der Waals surface area contributed by atoms with Gasteiger partial charge in [-0.3, -0.25) is 4.79 Å². The van der Waals surface area contributed by atoms with Gasteiger partial charge in [-0.15, -0.1) is 0 Å². The monoisotopic (exact) mass is 643 g/mol. The second kappa shape index (κ2) is 35.4. The Morgan fingerprint density at radius 3 is 0.727 bits per heavy atom. The van der Waals surface area contributed by atoms with E-state index in [1.807, 2.05) is 0 Å². The maximum absolute atomic E-state index is 10.5. The topological polar surface area (TPSA) is 65.0 Å². The zero-order chi connectivity index (χ0) is 32.2. The Hall–Kier alpha value is -0.433. The van der Waals surface area contributed by atoms with Gasteiger partial charge in [-0.1, -0.05) is 193 Å². The fourth-order valence-electron chi connectivity index (χ4n) is 6.48. The number of hydrogen-bond donors (Lipinski definition) is 1. The number of carbonyl (C=O) groups is 1. The minimum Gasteiger partial charge on any atom is -0.481 e. The van der Waals surface area contributed by atoms with E-state index >= 15 is 0 Å². The summed E-state index contributed by atoms with van der Waals surface area (Å²) < 4.78 is 16.5. The molecule has 0 saturated heterocycles. The van der Waals surface area contributed by atoms with Gasteiger partial charge in [0.25, 0.3) is 0 Å². The van der Waals surface area contributed by atoms with E-state index in [4.69, 9.17) is 18.4 Å². The van der Waals surface area contributed by atoms with Crippen molar-refractivity contribution in [3.05, 3.63) is 0 Å². The molecule has 1 N–H and O–H groups in total. The molecule has 0 radical (unpaired) electrons. The van der Waals surface area contributed by atoms with Crippen molar-refractivity contribution in [2.75, 3.05) is 21.3 Å². The standard InChI is InChI=1S/C38H78O5Si/c1-41-44(42-2,43-3)37-35-33-31-29-27-25-23-21-19-17-15-13-11-9-7-5-4-6-8-10-12-14-16-18-20-22-24-26-28-30-32-34-36-38(39)40/h4-37H2,1-3H3,(H,39,40). The zero-order valence-electron chi connectivity index (χ0n) is 30.1. The summed E-state index contributed by atoms with van der Waals surface area (Å²) in [4.78, 5) is 10.5. The Labute approximate surface area is 276 Å². The molecule has 0 saturated carbocycles. The normalized spacial score (nSPS) is 11.9. The number of carboxylic acids is 1. The molecule has 0 aliphatic heterocycles. The van der Waals surface area contributed by atoms with Gasteiger partial charge in [0.05, 0.1) is 0 Å². The van der Waals surface area contributed by atoms with Crippen LogP contribution in [0.2, 0.25) is 6.04 Å². The molecule has 44 heavy (non-hydrogen) atoms. The van der Waals surface area contributed by atoms with Crippen LogP contribution in [0.1, 0.15) is 212 Å². The van der Waals surface area contributed by atoms with E-state index in [2.05, 4.69) is 0 Å². The highest BCUT2D eigenvalue weighted by Gasteiger charge is 2.36. The van der Waals surface area contributed by atoms with Gasteiger partial charge >= 0.3 is 14.8 Å². The molecule has 0 atom stereocenters. The first-order chi connectivity index (χ1) is 21.6. The third-order valence-electron chi connectivity index (χ3n) is 9.56. The molecule has 5 nitrogen and oxygen atoms in total. The van der Waals surface area contributed by atoms with Crippen LogP contribution in [0.25, 0.3) is 0 Å². The van der Waals surface area contributed by atoms with Crippen molar-refractivity contribution in [3.63, 3.8) is 0 Å². The van der Waals surface area contributed by atoms with E-state index in [9.17, 15) is 4.79 Å². The highest BCUT2D eigenvalue weighted by Crippen LogP contribution is 2.19. The molecule has 0 aromatic heterocycles. The van der Waals surface area contributed by atoms with Crippen LogP contribution in [0.4, 0.5) is 0 Å². The first-order valence-corrected chi connectivity index (χ1v) is 21.4. The van der Waals surface area contributed by atoms with Crippen LogP contribution in [0.3, 0.4) is 0 Å². The number of unbranched alkanes of at least 4 members (excludes halogenated alkanes) is 31. The lowest BCUT2D eigenvalue weighted by atomic mass is 10.0. The lowest BCUT2D eigenvalue weighted by Gasteiger charge is -2.24. The Morgan fingerprint density at radius 2 is 0.545 bits per heavy atom. The third kappa shape index (κ3) is 31.5. The van der Waals surface area contributed by atoms with Crippen LogP contribution >= 0.6 is 0 Å². The van der Waals surface area contributed by atoms with Crippen LogP contribution in [-0.2, 0) is 18.1 Å². The van der Waals surface area contributed by atoms with Gasteiger partial charge in [0, 0.05) is 33.8 Å². The average Bonchev–Trinajstić information content (AvgIpc) is 3.03. The summed E-state index contributed by atoms with van der Waals surface area (Å²) in [5.74, 6) is -0.651. The average molecular weight is 643 g/mol. The summed E-state index contributed by atoms with van der Waals surface area (Å²) in [5.41, 5.74) is 0. The lowest BCUT2D eigenvalue weighted by Crippen LogP contribution is -2.42. The van der Waals surface area contributed by atoms with Crippen molar-refractivity contribution in [2.45, 2.75) is 218 Å². The second-order valence-electron chi connectivity index (χ2n) is 13.5. The Kier molecular flexibility index (Phi) is 35.1. The molecule has 0 aromatic carbocycles. The third-order valence-corrected chi connectivity index (χ3v) is 12.4. The first kappa shape index (κ1) is 43.6. The van der Waals surface area contributed by atoms with Crippen LogP contribution < -0.4 is 0 Å². The second-order valence-corrected chi connectivity index (χ2v) is 16.6. The molecule has 0 spiro atoms. The Bertz CT molecular complexity index is 561. The van der Waals surface area contributed by atoms with Crippen molar-refractivity contribution >= 4 is 14.8 Å². The molecule has 264 valence electrons. The largest absolute Gasteiger partial charge is 0.500 e. The molecule has 0 aliphatic rings. The highest BCUT2D eigenvalue weighted by atomic mass is 28.4. The summed E-state index contributed by atoms with van der Waals surface area (Å²) >= 11 is 0. The van der Waals surface area contributed by atoms with Crippen molar-refractivity contribution in [1.82, 2.24) is 0 Å². The smallest absolute Gasteiger partial charge is 0.481 e. The predicted molar refractivity (Wildman–Crippen MR) is 192 cm³/mol. The molecule has 0 fully saturated rings.